The van der Waals surface area contributed by atoms with Crippen LogP contribution in [0.4, 0.5) is 22.0 Å². The van der Waals surface area contributed by atoms with Crippen LogP contribution in [0.25, 0.3) is 0 Å². The molecule has 0 radical (unpaired) electrons. The van der Waals surface area contributed by atoms with Crippen molar-refractivity contribution in [3.63, 3.8) is 0 Å². The van der Waals surface area contributed by atoms with Crippen molar-refractivity contribution in [2.75, 3.05) is 0 Å². The number of nitrogens with zero attached hydrogens (tertiary/aromatic N) is 1. The Balaban J connectivity index is 3.41. The third-order valence-electron chi connectivity index (χ3n) is 2.07. The second-order valence-corrected chi connectivity index (χ2v) is 3.16. The van der Waals surface area contributed by atoms with Gasteiger partial charge in [0, 0.05) is 17.8 Å². The number of hydrogen-bond acceptors (Lipinski definition) is 2. The van der Waals surface area contributed by atoms with Gasteiger partial charge < -0.3 is 5.73 Å². The summed E-state index contributed by atoms with van der Waals surface area (Å²) in [5.41, 5.74) is 2.62. The van der Waals surface area contributed by atoms with E-state index < -0.39 is 36.0 Å². The van der Waals surface area contributed by atoms with Crippen molar-refractivity contribution in [2.24, 2.45) is 5.73 Å². The molecule has 1 aromatic heterocycles. The fourth-order valence-electron chi connectivity index (χ4n) is 1.29. The van der Waals surface area contributed by atoms with Crippen molar-refractivity contribution >= 4 is 0 Å². The molecule has 0 saturated heterocycles. The maximum absolute atomic E-state index is 12.5. The van der Waals surface area contributed by atoms with E-state index in [1.54, 1.807) is 0 Å². The first kappa shape index (κ1) is 12.8. The van der Waals surface area contributed by atoms with Crippen LogP contribution in [0.1, 0.15) is 28.9 Å². The maximum Gasteiger partial charge on any atom is 0.418 e. The quantitative estimate of drug-likeness (QED) is 0.807. The van der Waals surface area contributed by atoms with Gasteiger partial charge in [0.25, 0.3) is 6.43 Å². The van der Waals surface area contributed by atoms with Gasteiger partial charge in [-0.25, -0.2) is 8.78 Å². The van der Waals surface area contributed by atoms with E-state index in [0.717, 1.165) is 0 Å². The first-order valence-electron chi connectivity index (χ1n) is 4.33. The zero-order valence-corrected chi connectivity index (χ0v) is 8.28. The van der Waals surface area contributed by atoms with Gasteiger partial charge in [0.05, 0.1) is 11.3 Å². The van der Waals surface area contributed by atoms with Gasteiger partial charge in [0.1, 0.15) is 0 Å². The van der Waals surface area contributed by atoms with Gasteiger partial charge in [0.2, 0.25) is 0 Å². The van der Waals surface area contributed by atoms with Gasteiger partial charge >= 0.3 is 6.18 Å². The average Bonchev–Trinajstić information content (AvgIpc) is 2.14. The molecular formula is C9H9F5N2. The Labute approximate surface area is 88.3 Å². The summed E-state index contributed by atoms with van der Waals surface area (Å²) in [6, 6.07) is 0.412. The number of aryl methyl sites for hydroxylation is 1. The normalized spacial score (nSPS) is 12.2. The van der Waals surface area contributed by atoms with Gasteiger partial charge in [-0.15, -0.1) is 0 Å². The van der Waals surface area contributed by atoms with Gasteiger partial charge in [-0.3, -0.25) is 4.98 Å². The van der Waals surface area contributed by atoms with Crippen LogP contribution in [-0.2, 0) is 12.7 Å². The van der Waals surface area contributed by atoms with Crippen LogP contribution in [0.3, 0.4) is 0 Å². The Morgan fingerprint density at radius 1 is 1.38 bits per heavy atom. The Morgan fingerprint density at radius 3 is 2.31 bits per heavy atom. The predicted octanol–water partition coefficient (Wildman–Crippen LogP) is 2.81. The Kier molecular flexibility index (Phi) is 3.47. The van der Waals surface area contributed by atoms with Crippen LogP contribution in [-0.4, -0.2) is 4.98 Å². The number of nitrogens with two attached hydrogens (primary N) is 1. The molecule has 0 fully saturated rings. The van der Waals surface area contributed by atoms with Crippen molar-refractivity contribution in [1.29, 1.82) is 0 Å². The minimum absolute atomic E-state index is 0.136. The van der Waals surface area contributed by atoms with E-state index in [0.29, 0.717) is 6.07 Å². The van der Waals surface area contributed by atoms with E-state index in [9.17, 15) is 22.0 Å². The number of hydrogen-bond donors (Lipinski definition) is 1. The van der Waals surface area contributed by atoms with E-state index in [1.807, 2.05) is 0 Å². The molecule has 0 aliphatic carbocycles. The lowest BCUT2D eigenvalue weighted by Gasteiger charge is -2.14. The summed E-state index contributed by atoms with van der Waals surface area (Å²) in [5.74, 6) is 0. The van der Waals surface area contributed by atoms with Gasteiger partial charge in [0.15, 0.2) is 0 Å². The minimum atomic E-state index is -4.72. The molecular weight excluding hydrogens is 231 g/mol. The Hall–Kier alpha value is -1.24. The molecule has 1 heterocycles. The number of halogens is 5. The summed E-state index contributed by atoms with van der Waals surface area (Å²) < 4.78 is 62.2. The Morgan fingerprint density at radius 2 is 1.94 bits per heavy atom. The molecule has 0 unspecified atom stereocenters. The van der Waals surface area contributed by atoms with Crippen LogP contribution >= 0.6 is 0 Å². The van der Waals surface area contributed by atoms with E-state index in [4.69, 9.17) is 5.73 Å². The third-order valence-corrected chi connectivity index (χ3v) is 2.07. The standard InChI is InChI=1S/C9H9F5N2/c1-4-5(8(10)11)2-6(9(12,13)14)7(3-15)16-4/h2,8H,3,15H2,1H3. The first-order valence-corrected chi connectivity index (χ1v) is 4.33. The van der Waals surface area contributed by atoms with E-state index in [2.05, 4.69) is 4.98 Å². The molecule has 0 aliphatic rings. The summed E-state index contributed by atoms with van der Waals surface area (Å²) in [6.07, 6.45) is -7.71. The molecule has 0 aliphatic heterocycles. The predicted molar refractivity (Wildman–Crippen MR) is 46.8 cm³/mol. The van der Waals surface area contributed by atoms with Crippen molar-refractivity contribution in [2.45, 2.75) is 26.1 Å². The summed E-state index contributed by atoms with van der Waals surface area (Å²) >= 11 is 0. The molecule has 90 valence electrons. The molecule has 0 aromatic carbocycles. The largest absolute Gasteiger partial charge is 0.418 e. The summed E-state index contributed by atoms with van der Waals surface area (Å²) in [5, 5.41) is 0. The lowest BCUT2D eigenvalue weighted by Crippen LogP contribution is -2.16. The van der Waals surface area contributed by atoms with E-state index >= 15 is 0 Å². The van der Waals surface area contributed by atoms with Crippen molar-refractivity contribution in [3.8, 4) is 0 Å². The molecule has 0 atom stereocenters. The molecule has 16 heavy (non-hydrogen) atoms. The molecule has 1 aromatic rings. The lowest BCUT2D eigenvalue weighted by atomic mass is 10.1. The number of aromatic nitrogens is 1. The molecule has 7 heteroatoms. The molecule has 0 spiro atoms. The van der Waals surface area contributed by atoms with Crippen LogP contribution in [0.2, 0.25) is 0 Å². The zero-order chi connectivity index (χ0) is 12.5. The molecule has 2 N–H and O–H groups in total. The highest BCUT2D eigenvalue weighted by molar-refractivity contribution is 5.33. The smallest absolute Gasteiger partial charge is 0.325 e. The zero-order valence-electron chi connectivity index (χ0n) is 8.28. The second-order valence-electron chi connectivity index (χ2n) is 3.16. The second kappa shape index (κ2) is 4.32. The number of pyridine rings is 1. The van der Waals surface area contributed by atoms with Gasteiger partial charge in [-0.1, -0.05) is 0 Å². The third kappa shape index (κ3) is 2.46. The van der Waals surface area contributed by atoms with Gasteiger partial charge in [-0.2, -0.15) is 13.2 Å². The summed E-state index contributed by atoms with van der Waals surface area (Å²) in [7, 11) is 0. The number of rotatable bonds is 2. The molecule has 0 saturated carbocycles. The lowest BCUT2D eigenvalue weighted by molar-refractivity contribution is -0.138. The van der Waals surface area contributed by atoms with Crippen LogP contribution in [0, 0.1) is 6.92 Å². The highest BCUT2D eigenvalue weighted by atomic mass is 19.4. The van der Waals surface area contributed by atoms with Crippen LogP contribution < -0.4 is 5.73 Å². The molecule has 0 amide bonds. The molecule has 2 nitrogen and oxygen atoms in total. The van der Waals surface area contributed by atoms with Gasteiger partial charge in [-0.05, 0) is 13.0 Å². The fourth-order valence-corrected chi connectivity index (χ4v) is 1.29. The SMILES string of the molecule is Cc1nc(CN)c(C(F)(F)F)cc1C(F)F. The van der Waals surface area contributed by atoms with Crippen LogP contribution in [0.5, 0.6) is 0 Å². The van der Waals surface area contributed by atoms with E-state index in [-0.39, 0.29) is 5.69 Å². The van der Waals surface area contributed by atoms with E-state index in [1.165, 1.54) is 6.92 Å². The highest BCUT2D eigenvalue weighted by Crippen LogP contribution is 2.34. The Bertz CT molecular complexity index is 386. The molecule has 0 bridgehead atoms. The summed E-state index contributed by atoms with van der Waals surface area (Å²) in [6.45, 7) is 0.778. The van der Waals surface area contributed by atoms with Crippen molar-refractivity contribution in [1.82, 2.24) is 4.98 Å². The number of alkyl halides is 5. The molecule has 1 rings (SSSR count). The first-order chi connectivity index (χ1) is 7.27. The van der Waals surface area contributed by atoms with Crippen molar-refractivity contribution < 1.29 is 22.0 Å². The minimum Gasteiger partial charge on any atom is -0.325 e. The topological polar surface area (TPSA) is 38.9 Å². The average molecular weight is 240 g/mol. The highest BCUT2D eigenvalue weighted by Gasteiger charge is 2.35. The van der Waals surface area contributed by atoms with Crippen molar-refractivity contribution in [3.05, 3.63) is 28.6 Å². The fraction of sp³-hybridized carbons (Fsp3) is 0.444. The maximum atomic E-state index is 12.5. The monoisotopic (exact) mass is 240 g/mol. The summed E-state index contributed by atoms with van der Waals surface area (Å²) in [4.78, 5) is 3.45. The van der Waals surface area contributed by atoms with Crippen LogP contribution in [0.15, 0.2) is 6.07 Å².